The molecule has 0 amide bonds. The van der Waals surface area contributed by atoms with Gasteiger partial charge in [0.1, 0.15) is 11.2 Å². The summed E-state index contributed by atoms with van der Waals surface area (Å²) in [6, 6.07) is 75.6. The van der Waals surface area contributed by atoms with Crippen LogP contribution in [0.25, 0.3) is 101 Å². The van der Waals surface area contributed by atoms with Crippen molar-refractivity contribution in [3.8, 4) is 78.7 Å². The minimum Gasteiger partial charge on any atom is -0.456 e. The highest BCUT2D eigenvalue weighted by Crippen LogP contribution is 2.63. The van der Waals surface area contributed by atoms with Crippen LogP contribution in [-0.4, -0.2) is 15.0 Å². The molecule has 13 rings (SSSR count). The monoisotopic (exact) mass is 789 g/mol. The summed E-state index contributed by atoms with van der Waals surface area (Å²) in [5.41, 5.74) is 19.1. The summed E-state index contributed by atoms with van der Waals surface area (Å²) >= 11 is 0. The van der Waals surface area contributed by atoms with Crippen LogP contribution in [0.1, 0.15) is 22.3 Å². The van der Waals surface area contributed by atoms with E-state index in [9.17, 15) is 0 Å². The maximum Gasteiger partial charge on any atom is 0.164 e. The topological polar surface area (TPSA) is 51.8 Å². The van der Waals surface area contributed by atoms with E-state index in [2.05, 4.69) is 164 Å². The Labute approximate surface area is 358 Å². The second-order valence-electron chi connectivity index (χ2n) is 16.3. The number of nitrogens with zero attached hydrogens (tertiary/aromatic N) is 3. The molecule has 0 saturated carbocycles. The molecule has 1 spiro atoms. The molecule has 0 fully saturated rings. The zero-order chi connectivity index (χ0) is 40.8. The number of para-hydroxylation sites is 1. The van der Waals surface area contributed by atoms with E-state index >= 15 is 0 Å². The average molecular weight is 790 g/mol. The van der Waals surface area contributed by atoms with Crippen LogP contribution in [0.15, 0.2) is 217 Å². The Morgan fingerprint density at radius 3 is 1.50 bits per heavy atom. The zero-order valence-electron chi connectivity index (χ0n) is 33.5. The van der Waals surface area contributed by atoms with Gasteiger partial charge in [0.25, 0.3) is 0 Å². The Morgan fingerprint density at radius 2 is 0.758 bits per heavy atom. The first kappa shape index (κ1) is 34.6. The van der Waals surface area contributed by atoms with Gasteiger partial charge in [-0.25, -0.2) is 15.0 Å². The van der Waals surface area contributed by atoms with Crippen molar-refractivity contribution < 1.29 is 4.42 Å². The van der Waals surface area contributed by atoms with Crippen molar-refractivity contribution in [1.29, 1.82) is 0 Å². The molecule has 0 atom stereocenters. The fourth-order valence-corrected chi connectivity index (χ4v) is 10.3. The number of rotatable bonds is 5. The molecule has 2 aromatic heterocycles. The molecule has 0 unspecified atom stereocenters. The first-order valence-electron chi connectivity index (χ1n) is 21.1. The lowest BCUT2D eigenvalue weighted by atomic mass is 9.70. The van der Waals surface area contributed by atoms with Crippen LogP contribution in [0, 0.1) is 0 Å². The van der Waals surface area contributed by atoms with E-state index in [0.29, 0.717) is 17.5 Å². The molecule has 0 bridgehead atoms. The highest BCUT2D eigenvalue weighted by Gasteiger charge is 2.51. The molecule has 0 N–H and O–H groups in total. The van der Waals surface area contributed by atoms with E-state index in [4.69, 9.17) is 19.4 Å². The molecule has 0 saturated heterocycles. The maximum absolute atomic E-state index is 6.25. The molecule has 4 heteroatoms. The maximum atomic E-state index is 6.25. The molecular formula is C58H35N3O. The van der Waals surface area contributed by atoms with E-state index in [-0.39, 0.29) is 5.41 Å². The molecule has 62 heavy (non-hydrogen) atoms. The van der Waals surface area contributed by atoms with Gasteiger partial charge in [-0.1, -0.05) is 188 Å². The summed E-state index contributed by atoms with van der Waals surface area (Å²) in [5, 5.41) is 2.23. The van der Waals surface area contributed by atoms with Gasteiger partial charge in [0.05, 0.1) is 5.41 Å². The SMILES string of the molecule is c1ccc(-c2nc(-c3ccc(-c4cccc5c4-c4ccccc4C54c5ccccc5-c5ccccc54)cc3)nc(-c3cccc(-c4ccc5c(c4)oc4ccccc45)c3)n2)cc1. The quantitative estimate of drug-likeness (QED) is 0.174. The van der Waals surface area contributed by atoms with Crippen LogP contribution in [0.2, 0.25) is 0 Å². The van der Waals surface area contributed by atoms with Crippen LogP contribution >= 0.6 is 0 Å². The number of fused-ring (bicyclic) bond motifs is 13. The Balaban J connectivity index is 0.917. The molecule has 2 aliphatic carbocycles. The number of benzene rings is 9. The average Bonchev–Trinajstić information content (AvgIpc) is 3.98. The zero-order valence-corrected chi connectivity index (χ0v) is 33.5. The predicted octanol–water partition coefficient (Wildman–Crippen LogP) is 14.4. The predicted molar refractivity (Wildman–Crippen MR) is 251 cm³/mol. The summed E-state index contributed by atoms with van der Waals surface area (Å²) in [6.07, 6.45) is 0. The summed E-state index contributed by atoms with van der Waals surface area (Å²) in [6.45, 7) is 0. The fraction of sp³-hybridized carbons (Fsp3) is 0.0172. The summed E-state index contributed by atoms with van der Waals surface area (Å²) in [7, 11) is 0. The number of hydrogen-bond donors (Lipinski definition) is 0. The fourth-order valence-electron chi connectivity index (χ4n) is 10.3. The Kier molecular flexibility index (Phi) is 7.49. The normalized spacial score (nSPS) is 13.0. The minimum atomic E-state index is -0.387. The van der Waals surface area contributed by atoms with Gasteiger partial charge < -0.3 is 4.42 Å². The van der Waals surface area contributed by atoms with Gasteiger partial charge >= 0.3 is 0 Å². The summed E-state index contributed by atoms with van der Waals surface area (Å²) in [5.74, 6) is 1.87. The van der Waals surface area contributed by atoms with Crippen molar-refractivity contribution in [1.82, 2.24) is 15.0 Å². The first-order chi connectivity index (χ1) is 30.7. The van der Waals surface area contributed by atoms with Crippen molar-refractivity contribution in [2.24, 2.45) is 0 Å². The highest BCUT2D eigenvalue weighted by atomic mass is 16.3. The lowest BCUT2D eigenvalue weighted by Gasteiger charge is -2.30. The smallest absolute Gasteiger partial charge is 0.164 e. The molecule has 9 aromatic carbocycles. The van der Waals surface area contributed by atoms with Gasteiger partial charge in [-0.3, -0.25) is 0 Å². The minimum absolute atomic E-state index is 0.387. The third-order valence-electron chi connectivity index (χ3n) is 13.0. The number of aromatic nitrogens is 3. The Morgan fingerprint density at radius 1 is 0.290 bits per heavy atom. The third kappa shape index (κ3) is 5.04. The second kappa shape index (κ2) is 13.4. The van der Waals surface area contributed by atoms with Gasteiger partial charge in [-0.15, -0.1) is 0 Å². The van der Waals surface area contributed by atoms with Crippen LogP contribution in [-0.2, 0) is 5.41 Å². The van der Waals surface area contributed by atoms with Gasteiger partial charge in [0, 0.05) is 27.5 Å². The van der Waals surface area contributed by atoms with Gasteiger partial charge in [-0.05, 0) is 91.0 Å². The van der Waals surface area contributed by atoms with Crippen LogP contribution in [0.3, 0.4) is 0 Å². The van der Waals surface area contributed by atoms with E-state index in [1.807, 2.05) is 48.5 Å². The van der Waals surface area contributed by atoms with Crippen molar-refractivity contribution in [2.45, 2.75) is 5.41 Å². The largest absolute Gasteiger partial charge is 0.456 e. The Hall–Kier alpha value is -8.21. The van der Waals surface area contributed by atoms with Crippen LogP contribution in [0.5, 0.6) is 0 Å². The summed E-state index contributed by atoms with van der Waals surface area (Å²) < 4.78 is 6.25. The van der Waals surface area contributed by atoms with E-state index in [1.54, 1.807) is 0 Å². The lowest BCUT2D eigenvalue weighted by molar-refractivity contribution is 0.669. The van der Waals surface area contributed by atoms with Crippen molar-refractivity contribution in [3.63, 3.8) is 0 Å². The number of furan rings is 1. The molecule has 4 nitrogen and oxygen atoms in total. The third-order valence-corrected chi connectivity index (χ3v) is 13.0. The van der Waals surface area contributed by atoms with Gasteiger partial charge in [0.2, 0.25) is 0 Å². The standard InChI is InChI=1S/C58H35N3O/c1-2-14-37(15-3-1)55-59-56(61-57(60-55)41-17-12-16-39(34-41)40-32-33-46-45-20-7-11-27-52(45)62-53(46)35-40)38-30-28-36(29-31-38)42-22-13-26-51-54(42)47-21-6-10-25-50(47)58(51)48-23-8-4-18-43(48)44-19-5-9-24-49(44)58/h1-35H. The molecule has 2 heterocycles. The van der Waals surface area contributed by atoms with Crippen molar-refractivity contribution in [3.05, 3.63) is 235 Å². The highest BCUT2D eigenvalue weighted by molar-refractivity contribution is 6.06. The summed E-state index contributed by atoms with van der Waals surface area (Å²) in [4.78, 5) is 15.3. The first-order valence-corrected chi connectivity index (χ1v) is 21.1. The molecule has 0 radical (unpaired) electrons. The molecule has 288 valence electrons. The molecule has 2 aliphatic rings. The van der Waals surface area contributed by atoms with Crippen LogP contribution < -0.4 is 0 Å². The Bertz CT molecular complexity index is 3540. The second-order valence-corrected chi connectivity index (χ2v) is 16.3. The van der Waals surface area contributed by atoms with E-state index < -0.39 is 0 Å². The van der Waals surface area contributed by atoms with Crippen LogP contribution in [0.4, 0.5) is 0 Å². The number of hydrogen-bond acceptors (Lipinski definition) is 4. The molecule has 0 aliphatic heterocycles. The van der Waals surface area contributed by atoms with E-state index in [1.165, 1.54) is 50.1 Å². The lowest BCUT2D eigenvalue weighted by Crippen LogP contribution is -2.25. The van der Waals surface area contributed by atoms with Crippen molar-refractivity contribution >= 4 is 21.9 Å². The van der Waals surface area contributed by atoms with Crippen molar-refractivity contribution in [2.75, 3.05) is 0 Å². The van der Waals surface area contributed by atoms with E-state index in [0.717, 1.165) is 55.3 Å². The molecular weight excluding hydrogens is 755 g/mol. The molecule has 11 aromatic rings. The van der Waals surface area contributed by atoms with Gasteiger partial charge in [-0.2, -0.15) is 0 Å². The van der Waals surface area contributed by atoms with Gasteiger partial charge in [0.15, 0.2) is 17.5 Å².